The van der Waals surface area contributed by atoms with Crippen molar-refractivity contribution in [3.05, 3.63) is 36.5 Å². The van der Waals surface area contributed by atoms with Crippen molar-refractivity contribution in [2.75, 3.05) is 33.4 Å². The summed E-state index contributed by atoms with van der Waals surface area (Å²) >= 11 is 0. The van der Waals surface area contributed by atoms with Gasteiger partial charge < -0.3 is 19.1 Å². The van der Waals surface area contributed by atoms with Crippen molar-refractivity contribution in [3.63, 3.8) is 0 Å². The first kappa shape index (κ1) is 15.2. The number of para-hydroxylation sites is 1. The lowest BCUT2D eigenvalue weighted by Crippen LogP contribution is -2.45. The minimum atomic E-state index is -0.257. The van der Waals surface area contributed by atoms with Gasteiger partial charge in [-0.25, -0.2) is 0 Å². The summed E-state index contributed by atoms with van der Waals surface area (Å²) in [6.45, 7) is 2.17. The van der Waals surface area contributed by atoms with E-state index in [2.05, 4.69) is 0 Å². The molecule has 3 heterocycles. The number of fused-ring (bicyclic) bond motifs is 4. The first-order valence-electron chi connectivity index (χ1n) is 8.29. The first-order chi connectivity index (χ1) is 11.6. The molecular formula is C18H21N3O3. The first-order valence-corrected chi connectivity index (χ1v) is 8.29. The molecule has 1 aromatic carbocycles. The fourth-order valence-electron chi connectivity index (χ4n) is 3.63. The van der Waals surface area contributed by atoms with Gasteiger partial charge in [0, 0.05) is 31.9 Å². The maximum Gasteiger partial charge on any atom is 0.242 e. The maximum atomic E-state index is 12.8. The summed E-state index contributed by atoms with van der Waals surface area (Å²) in [5.74, 6) is -0.122. The van der Waals surface area contributed by atoms with E-state index >= 15 is 0 Å². The van der Waals surface area contributed by atoms with Gasteiger partial charge >= 0.3 is 0 Å². The van der Waals surface area contributed by atoms with Crippen LogP contribution in [0, 0.1) is 5.92 Å². The molecule has 0 unspecified atom stereocenters. The van der Waals surface area contributed by atoms with Gasteiger partial charge in [0.2, 0.25) is 11.8 Å². The number of nitrogens with zero attached hydrogens (tertiary/aromatic N) is 3. The quantitative estimate of drug-likeness (QED) is 0.825. The summed E-state index contributed by atoms with van der Waals surface area (Å²) < 4.78 is 7.56. The summed E-state index contributed by atoms with van der Waals surface area (Å²) in [4.78, 5) is 28.8. The van der Waals surface area contributed by atoms with Crippen LogP contribution in [0.25, 0.3) is 10.9 Å². The molecule has 1 aromatic heterocycles. The van der Waals surface area contributed by atoms with E-state index in [4.69, 9.17) is 4.74 Å². The van der Waals surface area contributed by atoms with E-state index in [1.807, 2.05) is 53.0 Å². The van der Waals surface area contributed by atoms with Crippen molar-refractivity contribution in [3.8, 4) is 0 Å². The molecule has 2 aromatic rings. The van der Waals surface area contributed by atoms with Crippen LogP contribution in [0.4, 0.5) is 0 Å². The highest BCUT2D eigenvalue weighted by molar-refractivity contribution is 5.85. The number of hydrogen-bond donors (Lipinski definition) is 0. The molecule has 4 rings (SSSR count). The minimum Gasteiger partial charge on any atom is -0.378 e. The number of carbonyl (C=O) groups is 2. The van der Waals surface area contributed by atoms with E-state index in [1.165, 1.54) is 0 Å². The zero-order valence-electron chi connectivity index (χ0n) is 13.7. The molecule has 2 aliphatic heterocycles. The number of benzene rings is 1. The SMILES string of the molecule is CN1C(=O)[C@H]2COC[C@@H]1CN(C(=O)Cn1ccc3ccccc31)C2. The van der Waals surface area contributed by atoms with Crippen LogP contribution in [0.3, 0.4) is 0 Å². The topological polar surface area (TPSA) is 54.8 Å². The number of likely N-dealkylation sites (N-methyl/N-ethyl adjacent to an activating group) is 1. The van der Waals surface area contributed by atoms with Crippen LogP contribution in [0.15, 0.2) is 36.5 Å². The molecule has 2 bridgehead atoms. The average molecular weight is 327 g/mol. The van der Waals surface area contributed by atoms with Gasteiger partial charge in [0.1, 0.15) is 6.54 Å². The molecule has 126 valence electrons. The highest BCUT2D eigenvalue weighted by Crippen LogP contribution is 2.21. The summed E-state index contributed by atoms with van der Waals surface area (Å²) in [7, 11) is 1.81. The number of carbonyl (C=O) groups excluding carboxylic acids is 2. The van der Waals surface area contributed by atoms with Crippen molar-refractivity contribution in [2.24, 2.45) is 5.92 Å². The van der Waals surface area contributed by atoms with Crippen LogP contribution in [0.5, 0.6) is 0 Å². The molecule has 0 radical (unpaired) electrons. The van der Waals surface area contributed by atoms with E-state index in [9.17, 15) is 9.59 Å². The smallest absolute Gasteiger partial charge is 0.242 e. The van der Waals surface area contributed by atoms with Gasteiger partial charge in [-0.3, -0.25) is 9.59 Å². The van der Waals surface area contributed by atoms with Gasteiger partial charge in [0.15, 0.2) is 0 Å². The molecule has 6 heteroatoms. The Morgan fingerprint density at radius 3 is 2.92 bits per heavy atom. The molecule has 0 aliphatic carbocycles. The Bertz CT molecular complexity index is 785. The zero-order valence-corrected chi connectivity index (χ0v) is 13.7. The van der Waals surface area contributed by atoms with Crippen molar-refractivity contribution in [1.82, 2.24) is 14.4 Å². The molecule has 0 spiro atoms. The summed E-state index contributed by atoms with van der Waals surface area (Å²) in [5.41, 5.74) is 1.05. The predicted octanol–water partition coefficient (Wildman–Crippen LogP) is 0.957. The van der Waals surface area contributed by atoms with Crippen molar-refractivity contribution >= 4 is 22.7 Å². The van der Waals surface area contributed by atoms with E-state index in [-0.39, 0.29) is 23.8 Å². The van der Waals surface area contributed by atoms with Gasteiger partial charge in [-0.05, 0) is 17.5 Å². The minimum absolute atomic E-state index is 0.0522. The second kappa shape index (κ2) is 5.94. The lowest BCUT2D eigenvalue weighted by atomic mass is 10.1. The van der Waals surface area contributed by atoms with Crippen LogP contribution >= 0.6 is 0 Å². The molecule has 6 nitrogen and oxygen atoms in total. The lowest BCUT2D eigenvalue weighted by Gasteiger charge is -2.29. The van der Waals surface area contributed by atoms with Gasteiger partial charge in [0.25, 0.3) is 0 Å². The fraction of sp³-hybridized carbons (Fsp3) is 0.444. The molecule has 2 saturated heterocycles. The maximum absolute atomic E-state index is 12.8. The zero-order chi connectivity index (χ0) is 16.7. The third-order valence-corrected chi connectivity index (χ3v) is 5.08. The van der Waals surface area contributed by atoms with Crippen LogP contribution < -0.4 is 0 Å². The Balaban J connectivity index is 1.55. The molecule has 2 atom stereocenters. The molecular weight excluding hydrogens is 306 g/mol. The number of rotatable bonds is 2. The molecule has 2 fully saturated rings. The Morgan fingerprint density at radius 1 is 1.21 bits per heavy atom. The van der Waals surface area contributed by atoms with Gasteiger partial charge in [0.05, 0.1) is 25.2 Å². The van der Waals surface area contributed by atoms with Crippen molar-refractivity contribution in [1.29, 1.82) is 0 Å². The fourth-order valence-corrected chi connectivity index (χ4v) is 3.63. The van der Waals surface area contributed by atoms with E-state index in [0.717, 1.165) is 10.9 Å². The average Bonchev–Trinajstić information content (AvgIpc) is 2.86. The van der Waals surface area contributed by atoms with Gasteiger partial charge in [-0.15, -0.1) is 0 Å². The van der Waals surface area contributed by atoms with Crippen LogP contribution in [0.2, 0.25) is 0 Å². The monoisotopic (exact) mass is 327 g/mol. The van der Waals surface area contributed by atoms with Gasteiger partial charge in [-0.1, -0.05) is 18.2 Å². The second-order valence-corrected chi connectivity index (χ2v) is 6.64. The Kier molecular flexibility index (Phi) is 3.76. The highest BCUT2D eigenvalue weighted by atomic mass is 16.5. The molecule has 0 saturated carbocycles. The van der Waals surface area contributed by atoms with Crippen LogP contribution in [-0.2, 0) is 20.9 Å². The molecule has 2 aliphatic rings. The number of hydrogen-bond acceptors (Lipinski definition) is 3. The summed E-state index contributed by atoms with van der Waals surface area (Å²) in [6.07, 6.45) is 1.95. The highest BCUT2D eigenvalue weighted by Gasteiger charge is 2.38. The Labute approximate surface area is 140 Å². The van der Waals surface area contributed by atoms with E-state index in [1.54, 1.807) is 4.90 Å². The van der Waals surface area contributed by atoms with Gasteiger partial charge in [-0.2, -0.15) is 0 Å². The van der Waals surface area contributed by atoms with Crippen LogP contribution in [0.1, 0.15) is 0 Å². The lowest BCUT2D eigenvalue weighted by molar-refractivity contribution is -0.134. The molecule has 0 N–H and O–H groups in total. The number of aromatic nitrogens is 1. The van der Waals surface area contributed by atoms with E-state index < -0.39 is 0 Å². The predicted molar refractivity (Wildman–Crippen MR) is 89.4 cm³/mol. The standard InChI is InChI=1S/C18H21N3O3/c1-19-15-9-21(8-14(18(19)23)11-24-12-15)17(22)10-20-7-6-13-4-2-3-5-16(13)20/h2-7,14-15H,8-12H2,1H3/t14-,15+/m1/s1. The summed E-state index contributed by atoms with van der Waals surface area (Å²) in [5, 5.41) is 1.13. The third-order valence-electron chi connectivity index (χ3n) is 5.08. The largest absolute Gasteiger partial charge is 0.378 e. The second-order valence-electron chi connectivity index (χ2n) is 6.64. The number of amides is 2. The number of ether oxygens (including phenoxy) is 1. The molecule has 24 heavy (non-hydrogen) atoms. The molecule has 2 amide bonds. The third kappa shape index (κ3) is 2.57. The summed E-state index contributed by atoms with van der Waals surface area (Å²) in [6, 6.07) is 9.99. The van der Waals surface area contributed by atoms with Crippen molar-refractivity contribution < 1.29 is 14.3 Å². The Morgan fingerprint density at radius 2 is 2.04 bits per heavy atom. The Hall–Kier alpha value is -2.34. The van der Waals surface area contributed by atoms with Crippen molar-refractivity contribution in [2.45, 2.75) is 12.6 Å². The van der Waals surface area contributed by atoms with Crippen LogP contribution in [-0.4, -0.2) is 65.6 Å². The normalized spacial score (nSPS) is 24.3. The van der Waals surface area contributed by atoms with E-state index in [0.29, 0.717) is 32.8 Å².